The van der Waals surface area contributed by atoms with Crippen LogP contribution in [0, 0.1) is 0 Å². The number of ether oxygens (including phenoxy) is 1. The molecule has 0 aliphatic heterocycles. The van der Waals surface area contributed by atoms with Crippen LogP contribution in [0.25, 0.3) is 0 Å². The Morgan fingerprint density at radius 1 is 1.75 bits per heavy atom. The monoisotopic (exact) mass is 227 g/mol. The smallest absolute Gasteiger partial charge is 0.272 e. The van der Waals surface area contributed by atoms with E-state index < -0.39 is 9.05 Å². The fourth-order valence-electron chi connectivity index (χ4n) is 0.574. The van der Waals surface area contributed by atoms with Crippen LogP contribution in [0.2, 0.25) is 0 Å². The molecule has 0 aliphatic rings. The Morgan fingerprint density at radius 3 is 2.83 bits per heavy atom. The third-order valence-corrected chi connectivity index (χ3v) is 3.82. The van der Waals surface area contributed by atoms with E-state index >= 15 is 0 Å². The molecule has 68 valence electrons. The van der Waals surface area contributed by atoms with E-state index in [1.807, 2.05) is 0 Å². The Balaban J connectivity index is 2.92. The number of hydrogen-bond donors (Lipinski definition) is 0. The zero-order valence-corrected chi connectivity index (χ0v) is 8.54. The van der Waals surface area contributed by atoms with Gasteiger partial charge < -0.3 is 4.74 Å². The van der Waals surface area contributed by atoms with Crippen LogP contribution in [-0.2, 0) is 9.05 Å². The fourth-order valence-corrected chi connectivity index (χ4v) is 2.11. The van der Waals surface area contributed by atoms with E-state index in [0.717, 1.165) is 11.5 Å². The zero-order valence-electron chi connectivity index (χ0n) is 6.15. The molecular formula is C5H6ClNO3S2. The third kappa shape index (κ3) is 2.33. The second-order valence-electron chi connectivity index (χ2n) is 1.86. The summed E-state index contributed by atoms with van der Waals surface area (Å²) in [6.07, 6.45) is 0. The molecule has 0 fully saturated rings. The minimum absolute atomic E-state index is 0.00705. The molecule has 1 aromatic rings. The van der Waals surface area contributed by atoms with E-state index in [4.69, 9.17) is 15.4 Å². The summed E-state index contributed by atoms with van der Waals surface area (Å²) in [4.78, 5) is 0. The van der Waals surface area contributed by atoms with Crippen LogP contribution in [0.4, 0.5) is 0 Å². The van der Waals surface area contributed by atoms with Crippen molar-refractivity contribution < 1.29 is 13.2 Å². The predicted octanol–water partition coefficient (Wildman–Crippen LogP) is 1.47. The van der Waals surface area contributed by atoms with Crippen LogP contribution in [0.3, 0.4) is 0 Å². The molecule has 0 unspecified atom stereocenters. The molecule has 0 spiro atoms. The maximum absolute atomic E-state index is 10.7. The van der Waals surface area contributed by atoms with Crippen molar-refractivity contribution in [1.29, 1.82) is 0 Å². The van der Waals surface area contributed by atoms with E-state index in [1.54, 1.807) is 6.92 Å². The second kappa shape index (κ2) is 3.59. The normalized spacial score (nSPS) is 11.5. The highest BCUT2D eigenvalue weighted by Crippen LogP contribution is 2.24. The molecule has 4 nitrogen and oxygen atoms in total. The number of hydrogen-bond acceptors (Lipinski definition) is 5. The van der Waals surface area contributed by atoms with Gasteiger partial charge in [0.05, 0.1) is 6.61 Å². The summed E-state index contributed by atoms with van der Waals surface area (Å²) in [5.74, 6) is 0.293. The first-order chi connectivity index (χ1) is 5.54. The second-order valence-corrected chi connectivity index (χ2v) is 5.45. The maximum Gasteiger partial charge on any atom is 0.272 e. The van der Waals surface area contributed by atoms with Gasteiger partial charge >= 0.3 is 0 Å². The Labute approximate surface area is 78.7 Å². The first kappa shape index (κ1) is 9.76. The lowest BCUT2D eigenvalue weighted by Crippen LogP contribution is -1.90. The van der Waals surface area contributed by atoms with Crippen LogP contribution in [0.15, 0.2) is 10.3 Å². The molecule has 0 saturated heterocycles. The molecular weight excluding hydrogens is 222 g/mol. The largest absolute Gasteiger partial charge is 0.477 e. The van der Waals surface area contributed by atoms with Crippen molar-refractivity contribution in [3.05, 3.63) is 6.07 Å². The summed E-state index contributed by atoms with van der Waals surface area (Å²) in [6.45, 7) is 2.24. The molecule has 1 rings (SSSR count). The van der Waals surface area contributed by atoms with Gasteiger partial charge in [-0.05, 0) is 18.5 Å². The molecule has 0 aliphatic carbocycles. The van der Waals surface area contributed by atoms with Crippen LogP contribution < -0.4 is 4.74 Å². The quantitative estimate of drug-likeness (QED) is 0.734. The number of aromatic nitrogens is 1. The topological polar surface area (TPSA) is 56.3 Å². The van der Waals surface area contributed by atoms with Crippen molar-refractivity contribution in [2.24, 2.45) is 0 Å². The summed E-state index contributed by atoms with van der Waals surface area (Å²) in [5.41, 5.74) is 0. The SMILES string of the molecule is CCOc1cc(S(=O)(=O)Cl)sn1. The molecule has 1 heterocycles. The first-order valence-electron chi connectivity index (χ1n) is 3.08. The lowest BCUT2D eigenvalue weighted by atomic mass is 10.7. The molecule has 7 heteroatoms. The molecule has 1 aromatic heterocycles. The zero-order chi connectivity index (χ0) is 9.19. The summed E-state index contributed by atoms with van der Waals surface area (Å²) < 4.78 is 30.2. The van der Waals surface area contributed by atoms with E-state index in [-0.39, 0.29) is 4.21 Å². The van der Waals surface area contributed by atoms with Crippen LogP contribution >= 0.6 is 22.2 Å². The molecule has 0 saturated carbocycles. The Hall–Kier alpha value is -0.330. The summed E-state index contributed by atoms with van der Waals surface area (Å²) >= 11 is 0.802. The van der Waals surface area contributed by atoms with Crippen molar-refractivity contribution >= 4 is 31.3 Å². The predicted molar refractivity (Wildman–Crippen MR) is 46.3 cm³/mol. The van der Waals surface area contributed by atoms with Crippen LogP contribution in [0.5, 0.6) is 5.88 Å². The average Bonchev–Trinajstić information content (AvgIpc) is 2.35. The molecule has 0 radical (unpaired) electrons. The van der Waals surface area contributed by atoms with Crippen LogP contribution in [-0.4, -0.2) is 19.4 Å². The van der Waals surface area contributed by atoms with Gasteiger partial charge in [0, 0.05) is 16.7 Å². The van der Waals surface area contributed by atoms with E-state index in [9.17, 15) is 8.42 Å². The van der Waals surface area contributed by atoms with Gasteiger partial charge in [-0.3, -0.25) is 0 Å². The highest BCUT2D eigenvalue weighted by Gasteiger charge is 2.14. The van der Waals surface area contributed by atoms with Gasteiger partial charge in [0.1, 0.15) is 0 Å². The van der Waals surface area contributed by atoms with Gasteiger partial charge in [-0.25, -0.2) is 8.42 Å². The van der Waals surface area contributed by atoms with Crippen molar-refractivity contribution in [3.8, 4) is 5.88 Å². The molecule has 0 atom stereocenters. The Kier molecular flexibility index (Phi) is 2.92. The minimum Gasteiger partial charge on any atom is -0.477 e. The van der Waals surface area contributed by atoms with E-state index in [0.29, 0.717) is 12.5 Å². The Bertz CT molecular complexity index is 359. The number of halogens is 1. The van der Waals surface area contributed by atoms with Gasteiger partial charge in [-0.15, -0.1) is 0 Å². The minimum atomic E-state index is -3.65. The first-order valence-corrected chi connectivity index (χ1v) is 6.16. The van der Waals surface area contributed by atoms with Crippen molar-refractivity contribution in [1.82, 2.24) is 4.37 Å². The van der Waals surface area contributed by atoms with Crippen molar-refractivity contribution in [2.75, 3.05) is 6.61 Å². The fraction of sp³-hybridized carbons (Fsp3) is 0.400. The molecule has 12 heavy (non-hydrogen) atoms. The lowest BCUT2D eigenvalue weighted by Gasteiger charge is -1.92. The molecule has 0 bridgehead atoms. The van der Waals surface area contributed by atoms with Gasteiger partial charge in [0.2, 0.25) is 5.88 Å². The van der Waals surface area contributed by atoms with Gasteiger partial charge in [0.15, 0.2) is 4.21 Å². The summed E-state index contributed by atoms with van der Waals surface area (Å²) in [7, 11) is 1.41. The van der Waals surface area contributed by atoms with Gasteiger partial charge in [-0.1, -0.05) is 0 Å². The highest BCUT2D eigenvalue weighted by molar-refractivity contribution is 8.15. The van der Waals surface area contributed by atoms with Gasteiger partial charge in [0.25, 0.3) is 9.05 Å². The molecule has 0 N–H and O–H groups in total. The lowest BCUT2D eigenvalue weighted by molar-refractivity contribution is 0.330. The van der Waals surface area contributed by atoms with E-state index in [1.165, 1.54) is 6.07 Å². The van der Waals surface area contributed by atoms with Crippen LogP contribution in [0.1, 0.15) is 6.92 Å². The average molecular weight is 228 g/mol. The summed E-state index contributed by atoms with van der Waals surface area (Å²) in [6, 6.07) is 1.30. The third-order valence-electron chi connectivity index (χ3n) is 0.999. The number of rotatable bonds is 3. The van der Waals surface area contributed by atoms with E-state index in [2.05, 4.69) is 4.37 Å². The molecule has 0 amide bonds. The molecule has 0 aromatic carbocycles. The number of nitrogens with zero attached hydrogens (tertiary/aromatic N) is 1. The Morgan fingerprint density at radius 2 is 2.42 bits per heavy atom. The highest BCUT2D eigenvalue weighted by atomic mass is 35.7. The van der Waals surface area contributed by atoms with Crippen molar-refractivity contribution in [2.45, 2.75) is 11.1 Å². The van der Waals surface area contributed by atoms with Gasteiger partial charge in [-0.2, -0.15) is 4.37 Å². The van der Waals surface area contributed by atoms with Crippen molar-refractivity contribution in [3.63, 3.8) is 0 Å². The summed E-state index contributed by atoms with van der Waals surface area (Å²) in [5, 5.41) is 0. The maximum atomic E-state index is 10.7. The standard InChI is InChI=1S/C5H6ClNO3S2/c1-2-10-4-3-5(11-7-4)12(6,8)9/h3H,2H2,1H3.